The monoisotopic (exact) mass is 381 g/mol. The SMILES string of the molecule is Cc1nn(CCC(=O)NC(C)c2ccc(-n3cccc3)cc2)c(C)c1[N+](=O)[O-]. The number of aryl methyl sites for hydroxylation is 2. The second-order valence-electron chi connectivity index (χ2n) is 6.72. The van der Waals surface area contributed by atoms with Crippen molar-refractivity contribution in [3.63, 3.8) is 0 Å². The molecule has 8 heteroatoms. The second kappa shape index (κ2) is 8.08. The molecule has 0 saturated carbocycles. The van der Waals surface area contributed by atoms with Crippen molar-refractivity contribution in [1.29, 1.82) is 0 Å². The van der Waals surface area contributed by atoms with E-state index < -0.39 is 4.92 Å². The van der Waals surface area contributed by atoms with Crippen molar-refractivity contribution in [1.82, 2.24) is 19.7 Å². The lowest BCUT2D eigenvalue weighted by Gasteiger charge is -2.15. The van der Waals surface area contributed by atoms with Gasteiger partial charge in [0.05, 0.1) is 17.5 Å². The van der Waals surface area contributed by atoms with Crippen molar-refractivity contribution in [3.8, 4) is 5.69 Å². The van der Waals surface area contributed by atoms with E-state index >= 15 is 0 Å². The zero-order valence-electron chi connectivity index (χ0n) is 16.1. The molecular weight excluding hydrogens is 358 g/mol. The highest BCUT2D eigenvalue weighted by Gasteiger charge is 2.22. The van der Waals surface area contributed by atoms with Gasteiger partial charge in [0.1, 0.15) is 11.4 Å². The minimum absolute atomic E-state index is 0.0107. The molecule has 146 valence electrons. The van der Waals surface area contributed by atoms with Crippen LogP contribution in [0.1, 0.15) is 36.3 Å². The first-order valence-electron chi connectivity index (χ1n) is 9.08. The van der Waals surface area contributed by atoms with E-state index in [0.29, 0.717) is 17.9 Å². The van der Waals surface area contributed by atoms with Gasteiger partial charge in [0, 0.05) is 24.5 Å². The molecule has 0 bridgehead atoms. The van der Waals surface area contributed by atoms with Gasteiger partial charge < -0.3 is 9.88 Å². The lowest BCUT2D eigenvalue weighted by atomic mass is 10.1. The van der Waals surface area contributed by atoms with Crippen LogP contribution < -0.4 is 5.32 Å². The maximum absolute atomic E-state index is 12.3. The Kier molecular flexibility index (Phi) is 5.58. The van der Waals surface area contributed by atoms with Crippen LogP contribution in [-0.4, -0.2) is 25.2 Å². The van der Waals surface area contributed by atoms with E-state index in [1.54, 1.807) is 13.8 Å². The van der Waals surface area contributed by atoms with Gasteiger partial charge in [-0.25, -0.2) is 0 Å². The summed E-state index contributed by atoms with van der Waals surface area (Å²) in [5.41, 5.74) is 2.89. The fraction of sp³-hybridized carbons (Fsp3) is 0.300. The van der Waals surface area contributed by atoms with Gasteiger partial charge in [0.15, 0.2) is 0 Å². The average molecular weight is 381 g/mol. The molecule has 3 aromatic rings. The van der Waals surface area contributed by atoms with Crippen LogP contribution in [-0.2, 0) is 11.3 Å². The van der Waals surface area contributed by atoms with Crippen LogP contribution in [0.3, 0.4) is 0 Å². The molecule has 1 atom stereocenters. The van der Waals surface area contributed by atoms with E-state index in [2.05, 4.69) is 10.4 Å². The van der Waals surface area contributed by atoms with Crippen molar-refractivity contribution in [2.24, 2.45) is 0 Å². The maximum Gasteiger partial charge on any atom is 0.312 e. The maximum atomic E-state index is 12.3. The van der Waals surface area contributed by atoms with E-state index in [4.69, 9.17) is 0 Å². The second-order valence-corrected chi connectivity index (χ2v) is 6.72. The Morgan fingerprint density at radius 2 is 1.86 bits per heavy atom. The first kappa shape index (κ1) is 19.3. The van der Waals surface area contributed by atoms with Gasteiger partial charge in [-0.2, -0.15) is 5.10 Å². The summed E-state index contributed by atoms with van der Waals surface area (Å²) >= 11 is 0. The highest BCUT2D eigenvalue weighted by Crippen LogP contribution is 2.22. The van der Waals surface area contributed by atoms with Crippen LogP contribution in [0.15, 0.2) is 48.8 Å². The van der Waals surface area contributed by atoms with E-state index in [9.17, 15) is 14.9 Å². The number of hydrogen-bond donors (Lipinski definition) is 1. The van der Waals surface area contributed by atoms with Crippen LogP contribution in [0.5, 0.6) is 0 Å². The zero-order valence-corrected chi connectivity index (χ0v) is 16.1. The van der Waals surface area contributed by atoms with Crippen molar-refractivity contribution < 1.29 is 9.72 Å². The largest absolute Gasteiger partial charge is 0.350 e. The average Bonchev–Trinajstić information content (AvgIpc) is 3.28. The Morgan fingerprint density at radius 1 is 1.21 bits per heavy atom. The number of hydrogen-bond acceptors (Lipinski definition) is 4. The van der Waals surface area contributed by atoms with Crippen molar-refractivity contribution >= 4 is 11.6 Å². The minimum Gasteiger partial charge on any atom is -0.350 e. The van der Waals surface area contributed by atoms with Crippen LogP contribution in [0, 0.1) is 24.0 Å². The van der Waals surface area contributed by atoms with Crippen LogP contribution in [0.4, 0.5) is 5.69 Å². The molecular formula is C20H23N5O3. The molecule has 8 nitrogen and oxygen atoms in total. The normalized spacial score (nSPS) is 12.0. The Morgan fingerprint density at radius 3 is 2.43 bits per heavy atom. The standard InChI is InChI=1S/C20H23N5O3/c1-14(17-6-8-18(9-7-17)23-11-4-5-12-23)21-19(26)10-13-24-16(3)20(25(27)28)15(2)22-24/h4-9,11-12,14H,10,13H2,1-3H3,(H,21,26). The Labute approximate surface area is 162 Å². The lowest BCUT2D eigenvalue weighted by Crippen LogP contribution is -2.27. The first-order valence-corrected chi connectivity index (χ1v) is 9.08. The van der Waals surface area contributed by atoms with Crippen molar-refractivity contribution in [2.45, 2.75) is 39.8 Å². The predicted molar refractivity (Wildman–Crippen MR) is 105 cm³/mol. The molecule has 0 aliphatic heterocycles. The van der Waals surface area contributed by atoms with Crippen molar-refractivity contribution in [3.05, 3.63) is 75.9 Å². The fourth-order valence-electron chi connectivity index (χ4n) is 3.22. The summed E-state index contributed by atoms with van der Waals surface area (Å²) < 4.78 is 3.53. The molecule has 0 radical (unpaired) electrons. The minimum atomic E-state index is -0.437. The summed E-state index contributed by atoms with van der Waals surface area (Å²) in [5.74, 6) is -0.128. The number of rotatable bonds is 7. The molecule has 0 saturated heterocycles. The van der Waals surface area contributed by atoms with Gasteiger partial charge >= 0.3 is 5.69 Å². The molecule has 1 unspecified atom stereocenters. The number of carbonyl (C=O) groups is 1. The molecule has 1 N–H and O–H groups in total. The fourth-order valence-corrected chi connectivity index (χ4v) is 3.22. The van der Waals surface area contributed by atoms with Gasteiger partial charge in [-0.15, -0.1) is 0 Å². The Balaban J connectivity index is 1.57. The van der Waals surface area contributed by atoms with E-state index in [-0.39, 0.29) is 24.1 Å². The topological polar surface area (TPSA) is 95.0 Å². The number of nitrogens with zero attached hydrogens (tertiary/aromatic N) is 4. The first-order chi connectivity index (χ1) is 13.4. The van der Waals surface area contributed by atoms with Gasteiger partial charge in [-0.3, -0.25) is 19.6 Å². The number of benzene rings is 1. The molecule has 3 rings (SSSR count). The van der Waals surface area contributed by atoms with Gasteiger partial charge in [0.25, 0.3) is 0 Å². The third-order valence-electron chi connectivity index (χ3n) is 4.75. The smallest absolute Gasteiger partial charge is 0.312 e. The van der Waals surface area contributed by atoms with Crippen LogP contribution in [0.2, 0.25) is 0 Å². The third kappa shape index (κ3) is 4.11. The molecule has 1 amide bonds. The van der Waals surface area contributed by atoms with Crippen LogP contribution in [0.25, 0.3) is 5.69 Å². The van der Waals surface area contributed by atoms with Gasteiger partial charge in [-0.1, -0.05) is 12.1 Å². The Bertz CT molecular complexity index is 974. The van der Waals surface area contributed by atoms with Crippen LogP contribution >= 0.6 is 0 Å². The zero-order chi connectivity index (χ0) is 20.3. The highest BCUT2D eigenvalue weighted by molar-refractivity contribution is 5.76. The summed E-state index contributed by atoms with van der Waals surface area (Å²) in [6.45, 7) is 5.47. The van der Waals surface area contributed by atoms with E-state index in [1.807, 2.05) is 60.3 Å². The summed E-state index contributed by atoms with van der Waals surface area (Å²) in [6, 6.07) is 11.8. The number of nitro groups is 1. The quantitative estimate of drug-likeness (QED) is 0.501. The number of amides is 1. The number of aromatic nitrogens is 3. The van der Waals surface area contributed by atoms with Crippen molar-refractivity contribution in [2.75, 3.05) is 0 Å². The van der Waals surface area contributed by atoms with Gasteiger partial charge in [-0.05, 0) is 50.6 Å². The predicted octanol–water partition coefficient (Wildman–Crippen LogP) is 3.47. The summed E-state index contributed by atoms with van der Waals surface area (Å²) in [5, 5.41) is 18.2. The Hall–Kier alpha value is -3.42. The summed E-state index contributed by atoms with van der Waals surface area (Å²) in [7, 11) is 0. The van der Waals surface area contributed by atoms with E-state index in [1.165, 1.54) is 4.68 Å². The summed E-state index contributed by atoms with van der Waals surface area (Å²) in [6.07, 6.45) is 4.15. The molecule has 2 aromatic heterocycles. The highest BCUT2D eigenvalue weighted by atomic mass is 16.6. The van der Waals surface area contributed by atoms with E-state index in [0.717, 1.165) is 11.3 Å². The number of carbonyl (C=O) groups excluding carboxylic acids is 1. The summed E-state index contributed by atoms with van der Waals surface area (Å²) in [4.78, 5) is 22.9. The molecule has 0 aliphatic carbocycles. The molecule has 0 fully saturated rings. The molecule has 0 spiro atoms. The molecule has 1 aromatic carbocycles. The molecule has 0 aliphatic rings. The lowest BCUT2D eigenvalue weighted by molar-refractivity contribution is -0.386. The molecule has 2 heterocycles. The third-order valence-corrected chi connectivity index (χ3v) is 4.75. The molecule has 28 heavy (non-hydrogen) atoms. The van der Waals surface area contributed by atoms with Gasteiger partial charge in [0.2, 0.25) is 5.91 Å². The number of nitrogens with one attached hydrogen (secondary N) is 1.